The summed E-state index contributed by atoms with van der Waals surface area (Å²) < 4.78 is 31.9. The van der Waals surface area contributed by atoms with Crippen LogP contribution in [-0.4, -0.2) is 50.1 Å². The van der Waals surface area contributed by atoms with Gasteiger partial charge in [0.15, 0.2) is 12.4 Å². The van der Waals surface area contributed by atoms with Crippen LogP contribution < -0.4 is 5.32 Å². The number of nitrogens with zero attached hydrogens (tertiary/aromatic N) is 1. The maximum atomic E-state index is 12.7. The Bertz CT molecular complexity index is 1190. The van der Waals surface area contributed by atoms with Crippen molar-refractivity contribution in [1.82, 2.24) is 4.31 Å². The van der Waals surface area contributed by atoms with E-state index in [4.69, 9.17) is 4.74 Å². The molecule has 1 aliphatic heterocycles. The van der Waals surface area contributed by atoms with Gasteiger partial charge in [-0.2, -0.15) is 4.31 Å². The predicted molar refractivity (Wildman–Crippen MR) is 124 cm³/mol. The van der Waals surface area contributed by atoms with Crippen LogP contribution in [0.1, 0.15) is 56.8 Å². The van der Waals surface area contributed by atoms with Crippen LogP contribution >= 0.6 is 11.3 Å². The van der Waals surface area contributed by atoms with Crippen LogP contribution in [-0.2, 0) is 19.6 Å². The number of Topliss-reactive ketones (excluding diaryl/α,β-unsaturated/α-hetero) is 1. The number of amides is 1. The third-order valence-electron chi connectivity index (χ3n) is 5.99. The molecular formula is C23H26N2O6S2. The Morgan fingerprint density at radius 2 is 1.73 bits per heavy atom. The van der Waals surface area contributed by atoms with Crippen molar-refractivity contribution >= 4 is 44.0 Å². The number of thiophene rings is 1. The van der Waals surface area contributed by atoms with E-state index in [-0.39, 0.29) is 27.8 Å². The summed E-state index contributed by atoms with van der Waals surface area (Å²) in [4.78, 5) is 38.4. The van der Waals surface area contributed by atoms with Gasteiger partial charge in [0, 0.05) is 29.4 Å². The highest BCUT2D eigenvalue weighted by atomic mass is 32.2. The maximum absolute atomic E-state index is 12.7. The number of rotatable bonds is 8. The van der Waals surface area contributed by atoms with Gasteiger partial charge in [-0.25, -0.2) is 13.2 Å². The Labute approximate surface area is 197 Å². The van der Waals surface area contributed by atoms with Crippen molar-refractivity contribution in [2.45, 2.75) is 44.4 Å². The molecule has 2 aromatic rings. The van der Waals surface area contributed by atoms with E-state index in [1.165, 1.54) is 39.9 Å². The van der Waals surface area contributed by atoms with E-state index in [1.807, 2.05) is 6.92 Å². The first-order chi connectivity index (χ1) is 15.7. The van der Waals surface area contributed by atoms with Crippen LogP contribution in [0, 0.1) is 19.8 Å². The number of carbonyl (C=O) groups excluding carboxylic acids is 3. The molecule has 176 valence electrons. The van der Waals surface area contributed by atoms with Gasteiger partial charge in [-0.15, -0.1) is 11.3 Å². The van der Waals surface area contributed by atoms with Crippen molar-refractivity contribution in [1.29, 1.82) is 0 Å². The molecule has 4 rings (SSSR count). The number of carbonyl (C=O) groups is 3. The molecule has 1 saturated carbocycles. The van der Waals surface area contributed by atoms with Crippen LogP contribution in [0.5, 0.6) is 0 Å². The maximum Gasteiger partial charge on any atom is 0.341 e. The lowest BCUT2D eigenvalue weighted by molar-refractivity contribution is -0.117. The monoisotopic (exact) mass is 490 g/mol. The molecule has 1 saturated heterocycles. The van der Waals surface area contributed by atoms with Gasteiger partial charge < -0.3 is 10.1 Å². The average molecular weight is 491 g/mol. The first kappa shape index (κ1) is 23.6. The van der Waals surface area contributed by atoms with Crippen molar-refractivity contribution in [3.05, 3.63) is 45.8 Å². The Morgan fingerprint density at radius 1 is 1.09 bits per heavy atom. The minimum atomic E-state index is -3.56. The number of hydrogen-bond acceptors (Lipinski definition) is 7. The van der Waals surface area contributed by atoms with Gasteiger partial charge in [-0.1, -0.05) is 0 Å². The minimum absolute atomic E-state index is 0.00425. The van der Waals surface area contributed by atoms with Gasteiger partial charge >= 0.3 is 5.97 Å². The lowest BCUT2D eigenvalue weighted by atomic mass is 10.1. The molecule has 1 amide bonds. The molecule has 2 fully saturated rings. The van der Waals surface area contributed by atoms with Crippen LogP contribution in [0.25, 0.3) is 0 Å². The van der Waals surface area contributed by atoms with Gasteiger partial charge in [-0.3, -0.25) is 9.59 Å². The molecule has 0 bridgehead atoms. The second-order valence-corrected chi connectivity index (χ2v) is 11.5. The molecule has 0 radical (unpaired) electrons. The van der Waals surface area contributed by atoms with Crippen LogP contribution in [0.15, 0.2) is 29.2 Å². The second-order valence-electron chi connectivity index (χ2n) is 8.39. The van der Waals surface area contributed by atoms with Gasteiger partial charge in [0.1, 0.15) is 5.00 Å². The molecule has 1 N–H and O–H groups in total. The van der Waals surface area contributed by atoms with E-state index in [0.717, 1.165) is 30.6 Å². The van der Waals surface area contributed by atoms with Crippen molar-refractivity contribution in [3.63, 3.8) is 0 Å². The predicted octanol–water partition coefficient (Wildman–Crippen LogP) is 3.54. The molecule has 2 aliphatic rings. The minimum Gasteiger partial charge on any atom is -0.454 e. The molecule has 1 aliphatic carbocycles. The van der Waals surface area contributed by atoms with Crippen molar-refractivity contribution in [3.8, 4) is 0 Å². The summed E-state index contributed by atoms with van der Waals surface area (Å²) in [5.41, 5.74) is 1.23. The van der Waals surface area contributed by atoms with E-state index in [9.17, 15) is 22.8 Å². The SMILES string of the molecule is Cc1sc(NC(=O)C2CC2)c(C(=O)OCC(=O)c2ccc(S(=O)(=O)N3CCCC3)cc2)c1C. The van der Waals surface area contributed by atoms with Crippen LogP contribution in [0.3, 0.4) is 0 Å². The summed E-state index contributed by atoms with van der Waals surface area (Å²) in [6.45, 7) is 4.15. The molecule has 33 heavy (non-hydrogen) atoms. The number of anilines is 1. The highest BCUT2D eigenvalue weighted by Crippen LogP contribution is 2.36. The lowest BCUT2D eigenvalue weighted by Gasteiger charge is -2.15. The first-order valence-corrected chi connectivity index (χ1v) is 13.2. The van der Waals surface area contributed by atoms with Crippen molar-refractivity contribution in [2.24, 2.45) is 5.92 Å². The van der Waals surface area contributed by atoms with E-state index in [1.54, 1.807) is 6.92 Å². The summed E-state index contributed by atoms with van der Waals surface area (Å²) in [7, 11) is -3.56. The standard InChI is InChI=1S/C23H26N2O6S2/c1-14-15(2)32-22(24-21(27)17-5-6-17)20(14)23(28)31-13-19(26)16-7-9-18(10-8-16)33(29,30)25-11-3-4-12-25/h7-10,17H,3-6,11-13H2,1-2H3,(H,24,27). The molecular weight excluding hydrogens is 464 g/mol. The smallest absolute Gasteiger partial charge is 0.341 e. The fourth-order valence-corrected chi connectivity index (χ4v) is 6.27. The van der Waals surface area contributed by atoms with Gasteiger partial charge in [-0.05, 0) is 69.4 Å². The Kier molecular flexibility index (Phi) is 6.69. The zero-order chi connectivity index (χ0) is 23.8. The second kappa shape index (κ2) is 9.36. The zero-order valence-electron chi connectivity index (χ0n) is 18.5. The topological polar surface area (TPSA) is 110 Å². The van der Waals surface area contributed by atoms with Gasteiger partial charge in [0.2, 0.25) is 15.9 Å². The summed E-state index contributed by atoms with van der Waals surface area (Å²) in [5, 5.41) is 3.25. The average Bonchev–Trinajstić information content (AvgIpc) is 3.42. The quantitative estimate of drug-likeness (QED) is 0.448. The van der Waals surface area contributed by atoms with Crippen LogP contribution in [0.2, 0.25) is 0 Å². The molecule has 0 unspecified atom stereocenters. The largest absolute Gasteiger partial charge is 0.454 e. The highest BCUT2D eigenvalue weighted by Gasteiger charge is 2.32. The highest BCUT2D eigenvalue weighted by molar-refractivity contribution is 7.89. The van der Waals surface area contributed by atoms with E-state index >= 15 is 0 Å². The third-order valence-corrected chi connectivity index (χ3v) is 9.02. The molecule has 1 aromatic carbocycles. The van der Waals surface area contributed by atoms with E-state index in [0.29, 0.717) is 23.7 Å². The summed E-state index contributed by atoms with van der Waals surface area (Å²) in [6, 6.07) is 5.67. The lowest BCUT2D eigenvalue weighted by Crippen LogP contribution is -2.27. The number of benzene rings is 1. The van der Waals surface area contributed by atoms with E-state index in [2.05, 4.69) is 5.32 Å². The zero-order valence-corrected chi connectivity index (χ0v) is 20.2. The summed E-state index contributed by atoms with van der Waals surface area (Å²) >= 11 is 1.31. The molecule has 10 heteroatoms. The fourth-order valence-electron chi connectivity index (χ4n) is 3.70. The molecule has 2 heterocycles. The number of sulfonamides is 1. The number of esters is 1. The molecule has 8 nitrogen and oxygen atoms in total. The Hall–Kier alpha value is -2.56. The van der Waals surface area contributed by atoms with Crippen LogP contribution in [0.4, 0.5) is 5.00 Å². The number of ether oxygens (including phenoxy) is 1. The van der Waals surface area contributed by atoms with Gasteiger partial charge in [0.05, 0.1) is 10.5 Å². The van der Waals surface area contributed by atoms with E-state index < -0.39 is 28.4 Å². The number of ketones is 1. The normalized spacial score (nSPS) is 16.5. The molecule has 0 atom stereocenters. The summed E-state index contributed by atoms with van der Waals surface area (Å²) in [6.07, 6.45) is 3.38. The fraction of sp³-hybridized carbons (Fsp3) is 0.435. The first-order valence-electron chi connectivity index (χ1n) is 10.9. The number of nitrogens with one attached hydrogen (secondary N) is 1. The number of aryl methyl sites for hydroxylation is 1. The third kappa shape index (κ3) is 5.02. The Balaban J connectivity index is 1.41. The molecule has 1 aromatic heterocycles. The molecule has 0 spiro atoms. The summed E-state index contributed by atoms with van der Waals surface area (Å²) in [5.74, 6) is -1.23. The number of hydrogen-bond donors (Lipinski definition) is 1. The van der Waals surface area contributed by atoms with Gasteiger partial charge in [0.25, 0.3) is 0 Å². The van der Waals surface area contributed by atoms with Crippen molar-refractivity contribution in [2.75, 3.05) is 25.0 Å². The Morgan fingerprint density at radius 3 is 2.33 bits per heavy atom. The van der Waals surface area contributed by atoms with Crippen molar-refractivity contribution < 1.29 is 27.5 Å².